The van der Waals surface area contributed by atoms with Crippen molar-refractivity contribution in [2.75, 3.05) is 5.73 Å². The van der Waals surface area contributed by atoms with Crippen LogP contribution >= 0.6 is 0 Å². The zero-order valence-corrected chi connectivity index (χ0v) is 18.9. The average molecular weight is 451 g/mol. The summed E-state index contributed by atoms with van der Waals surface area (Å²) in [5, 5.41) is 12.3. The van der Waals surface area contributed by atoms with Gasteiger partial charge in [-0.1, -0.05) is 12.1 Å². The second-order valence-electron chi connectivity index (χ2n) is 8.38. The van der Waals surface area contributed by atoms with Crippen molar-refractivity contribution in [1.29, 1.82) is 5.26 Å². The molecular formula is C25H22N8O. The van der Waals surface area contributed by atoms with Crippen LogP contribution in [-0.4, -0.2) is 35.7 Å². The molecule has 168 valence electrons. The first-order valence-electron chi connectivity index (χ1n) is 10.8. The third kappa shape index (κ3) is 3.51. The molecule has 3 N–H and O–H groups in total. The molecule has 0 bridgehead atoms. The smallest absolute Gasteiger partial charge is 0.271 e. The van der Waals surface area contributed by atoms with Crippen molar-refractivity contribution in [2.45, 2.75) is 26.8 Å². The van der Waals surface area contributed by atoms with Crippen molar-refractivity contribution < 1.29 is 4.79 Å². The number of amides is 1. The fourth-order valence-corrected chi connectivity index (χ4v) is 3.97. The Kier molecular flexibility index (Phi) is 4.98. The molecule has 0 unspecified atom stereocenters. The van der Waals surface area contributed by atoms with Gasteiger partial charge in [0.25, 0.3) is 5.91 Å². The van der Waals surface area contributed by atoms with E-state index in [1.807, 2.05) is 49.6 Å². The highest BCUT2D eigenvalue weighted by Gasteiger charge is 2.21. The van der Waals surface area contributed by atoms with Crippen molar-refractivity contribution in [3.63, 3.8) is 0 Å². The quantitative estimate of drug-likeness (QED) is 0.431. The Morgan fingerprint density at radius 1 is 1.12 bits per heavy atom. The summed E-state index contributed by atoms with van der Waals surface area (Å²) in [5.41, 5.74) is 12.1. The second kappa shape index (κ2) is 8.01. The van der Waals surface area contributed by atoms with Gasteiger partial charge in [-0.15, -0.1) is 0 Å². The number of aromatic nitrogens is 5. The largest absolute Gasteiger partial charge is 0.381 e. The summed E-state index contributed by atoms with van der Waals surface area (Å²) >= 11 is 0. The highest BCUT2D eigenvalue weighted by Crippen LogP contribution is 2.34. The molecule has 1 aromatic carbocycles. The summed E-state index contributed by atoms with van der Waals surface area (Å²) in [5.74, 6) is -0.109. The summed E-state index contributed by atoms with van der Waals surface area (Å²) in [4.78, 5) is 26.3. The molecule has 0 spiro atoms. The molecule has 0 aliphatic rings. The van der Waals surface area contributed by atoms with Gasteiger partial charge in [-0.3, -0.25) is 9.20 Å². The van der Waals surface area contributed by atoms with E-state index in [2.05, 4.69) is 26.3 Å². The standard InChI is InChI=1S/C25H22N8O/c1-14(2)29-25(34)19-13-33-22(18-7-8-20-28-11-15(3)32(20)12-18)21(31-23(27)24(33)30-19)17-6-4-5-16(9-17)10-26/h4-9,11-14H,1-3H3,(H2,27,31)(H,29,34). The van der Waals surface area contributed by atoms with Crippen LogP contribution in [0.1, 0.15) is 35.6 Å². The molecule has 9 nitrogen and oxygen atoms in total. The highest BCUT2D eigenvalue weighted by atomic mass is 16.1. The van der Waals surface area contributed by atoms with E-state index in [0.717, 1.165) is 22.5 Å². The molecular weight excluding hydrogens is 428 g/mol. The molecule has 5 aromatic rings. The van der Waals surface area contributed by atoms with E-state index in [-0.39, 0.29) is 23.5 Å². The molecule has 0 atom stereocenters. The van der Waals surface area contributed by atoms with Crippen LogP contribution in [0.2, 0.25) is 0 Å². The fraction of sp³-hybridized carbons (Fsp3) is 0.160. The Labute approximate surface area is 195 Å². The van der Waals surface area contributed by atoms with Gasteiger partial charge in [-0.25, -0.2) is 15.0 Å². The van der Waals surface area contributed by atoms with Crippen LogP contribution in [0.15, 0.2) is 55.0 Å². The predicted octanol–water partition coefficient (Wildman–Crippen LogP) is 3.61. The first kappa shape index (κ1) is 21.2. The molecule has 4 heterocycles. The lowest BCUT2D eigenvalue weighted by atomic mass is 10.0. The molecule has 9 heteroatoms. The van der Waals surface area contributed by atoms with Crippen molar-refractivity contribution in [2.24, 2.45) is 0 Å². The van der Waals surface area contributed by atoms with Crippen molar-refractivity contribution in [3.8, 4) is 28.6 Å². The molecule has 0 saturated heterocycles. The lowest BCUT2D eigenvalue weighted by Crippen LogP contribution is -2.30. The normalized spacial score (nSPS) is 11.3. The van der Waals surface area contributed by atoms with E-state index in [9.17, 15) is 10.1 Å². The third-order valence-corrected chi connectivity index (χ3v) is 5.51. The summed E-state index contributed by atoms with van der Waals surface area (Å²) in [6, 6.07) is 13.2. The maximum atomic E-state index is 12.7. The van der Waals surface area contributed by atoms with Crippen LogP contribution in [0, 0.1) is 18.3 Å². The molecule has 0 fully saturated rings. The van der Waals surface area contributed by atoms with Crippen LogP contribution in [0.4, 0.5) is 5.82 Å². The number of carbonyl (C=O) groups excluding carboxylic acids is 1. The van der Waals surface area contributed by atoms with E-state index >= 15 is 0 Å². The van der Waals surface area contributed by atoms with Crippen molar-refractivity contribution in [3.05, 3.63) is 71.9 Å². The lowest BCUT2D eigenvalue weighted by Gasteiger charge is -2.14. The molecule has 5 rings (SSSR count). The first-order chi connectivity index (χ1) is 16.4. The number of hydrogen-bond acceptors (Lipinski definition) is 6. The summed E-state index contributed by atoms with van der Waals surface area (Å²) < 4.78 is 3.77. The molecule has 0 aliphatic heterocycles. The molecule has 0 saturated carbocycles. The number of aryl methyl sites for hydroxylation is 1. The number of nitrogen functional groups attached to an aromatic ring is 1. The highest BCUT2D eigenvalue weighted by molar-refractivity contribution is 5.94. The van der Waals surface area contributed by atoms with E-state index in [4.69, 9.17) is 5.73 Å². The first-order valence-corrected chi connectivity index (χ1v) is 10.8. The number of imidazole rings is 2. The second-order valence-corrected chi connectivity index (χ2v) is 8.38. The van der Waals surface area contributed by atoms with Crippen LogP contribution < -0.4 is 11.1 Å². The number of nitrogens with zero attached hydrogens (tertiary/aromatic N) is 6. The molecule has 0 aliphatic carbocycles. The van der Waals surface area contributed by atoms with Crippen LogP contribution in [0.3, 0.4) is 0 Å². The Bertz CT molecular complexity index is 1620. The zero-order valence-electron chi connectivity index (χ0n) is 18.9. The number of benzene rings is 1. The fourth-order valence-electron chi connectivity index (χ4n) is 3.97. The van der Waals surface area contributed by atoms with E-state index in [0.29, 0.717) is 22.6 Å². The van der Waals surface area contributed by atoms with Gasteiger partial charge in [-0.2, -0.15) is 5.26 Å². The Morgan fingerprint density at radius 2 is 1.94 bits per heavy atom. The minimum atomic E-state index is -0.294. The predicted molar refractivity (Wildman–Crippen MR) is 129 cm³/mol. The monoisotopic (exact) mass is 450 g/mol. The summed E-state index contributed by atoms with van der Waals surface area (Å²) in [6.07, 6.45) is 5.44. The van der Waals surface area contributed by atoms with Gasteiger partial charge in [-0.05, 0) is 45.0 Å². The lowest BCUT2D eigenvalue weighted by molar-refractivity contribution is 0.0938. The minimum absolute atomic E-state index is 0.0387. The Morgan fingerprint density at radius 3 is 2.71 bits per heavy atom. The maximum Gasteiger partial charge on any atom is 0.271 e. The number of anilines is 1. The number of nitriles is 1. The number of nitrogens with one attached hydrogen (secondary N) is 1. The van der Waals surface area contributed by atoms with Gasteiger partial charge in [0, 0.05) is 41.5 Å². The van der Waals surface area contributed by atoms with Crippen LogP contribution in [0.5, 0.6) is 0 Å². The topological polar surface area (TPSA) is 126 Å². The van der Waals surface area contributed by atoms with E-state index in [1.54, 1.807) is 35.0 Å². The van der Waals surface area contributed by atoms with E-state index in [1.165, 1.54) is 0 Å². The number of pyridine rings is 1. The SMILES string of the molecule is Cc1cnc2ccc(-c3c(-c4cccc(C#N)c4)nc(N)c4nc(C(=O)NC(C)C)cn34)cn12. The number of carbonyl (C=O) groups is 1. The summed E-state index contributed by atoms with van der Waals surface area (Å²) in [7, 11) is 0. The van der Waals surface area contributed by atoms with Gasteiger partial charge in [0.05, 0.1) is 23.0 Å². The van der Waals surface area contributed by atoms with Gasteiger partial charge in [0.2, 0.25) is 0 Å². The average Bonchev–Trinajstić information content (AvgIpc) is 3.43. The Balaban J connectivity index is 1.83. The number of fused-ring (bicyclic) bond motifs is 2. The van der Waals surface area contributed by atoms with Gasteiger partial charge >= 0.3 is 0 Å². The summed E-state index contributed by atoms with van der Waals surface area (Å²) in [6.45, 7) is 5.75. The van der Waals surface area contributed by atoms with Crippen molar-refractivity contribution >= 4 is 23.0 Å². The van der Waals surface area contributed by atoms with Gasteiger partial charge in [0.15, 0.2) is 11.5 Å². The molecule has 34 heavy (non-hydrogen) atoms. The number of hydrogen-bond donors (Lipinski definition) is 2. The third-order valence-electron chi connectivity index (χ3n) is 5.51. The number of nitrogens with two attached hydrogens (primary N) is 1. The van der Waals surface area contributed by atoms with Crippen LogP contribution in [-0.2, 0) is 0 Å². The molecule has 1 amide bonds. The Hall–Kier alpha value is -4.71. The zero-order chi connectivity index (χ0) is 24.0. The van der Waals surface area contributed by atoms with Gasteiger partial charge < -0.3 is 15.5 Å². The molecule has 0 radical (unpaired) electrons. The maximum absolute atomic E-state index is 12.7. The van der Waals surface area contributed by atoms with E-state index < -0.39 is 0 Å². The van der Waals surface area contributed by atoms with Gasteiger partial charge in [0.1, 0.15) is 11.3 Å². The molecule has 4 aromatic heterocycles. The van der Waals surface area contributed by atoms with Crippen molar-refractivity contribution in [1.82, 2.24) is 29.1 Å². The minimum Gasteiger partial charge on any atom is -0.381 e. The number of rotatable bonds is 4. The van der Waals surface area contributed by atoms with Crippen LogP contribution in [0.25, 0.3) is 33.8 Å².